The Kier molecular flexibility index (Phi) is 4.25. The van der Waals surface area contributed by atoms with Crippen LogP contribution >= 0.6 is 7.92 Å². The topological polar surface area (TPSA) is 37.4 Å². The second-order valence-corrected chi connectivity index (χ2v) is 11.0. The van der Waals surface area contributed by atoms with Crippen molar-refractivity contribution >= 4 is 19.7 Å². The van der Waals surface area contributed by atoms with Gasteiger partial charge in [0.2, 0.25) is 0 Å². The summed E-state index contributed by atoms with van der Waals surface area (Å²) in [7, 11) is -0.180. The highest BCUT2D eigenvalue weighted by Gasteiger charge is 2.50. The minimum absolute atomic E-state index is 0.0453. The van der Waals surface area contributed by atoms with Crippen LogP contribution in [0.5, 0.6) is 0 Å². The predicted octanol–water partition coefficient (Wildman–Crippen LogP) is 3.86. The van der Waals surface area contributed by atoms with Crippen LogP contribution in [0.15, 0.2) is 36.5 Å². The summed E-state index contributed by atoms with van der Waals surface area (Å²) in [6.45, 7) is 18.7. The molecule has 2 rings (SSSR count). The molecule has 0 aromatic heterocycles. The van der Waals surface area contributed by atoms with E-state index >= 15 is 0 Å². The number of amides is 2. The van der Waals surface area contributed by atoms with Crippen molar-refractivity contribution in [1.82, 2.24) is 4.90 Å². The molecule has 0 unspecified atom stereocenters. The first-order valence-corrected chi connectivity index (χ1v) is 9.46. The lowest BCUT2D eigenvalue weighted by Crippen LogP contribution is -2.51. The molecule has 2 aliphatic heterocycles. The molecule has 0 radical (unpaired) electrons. The van der Waals surface area contributed by atoms with E-state index in [1.807, 2.05) is 0 Å². The van der Waals surface area contributed by atoms with Crippen molar-refractivity contribution < 1.29 is 9.59 Å². The Morgan fingerprint density at radius 1 is 1.00 bits per heavy atom. The standard InChI is InChI=1S/C18H26NO2P/c1-8-13-14(9-2)16(21)19(15(13)20)12-10-17(3,4)22(7)18(5,6)11-12/h8-9,12H,1-2,10-11H2,3-7H3. The minimum atomic E-state index is -0.214. The summed E-state index contributed by atoms with van der Waals surface area (Å²) < 4.78 is 0. The van der Waals surface area contributed by atoms with Crippen LogP contribution in [0.1, 0.15) is 40.5 Å². The molecule has 0 spiro atoms. The Labute approximate surface area is 134 Å². The van der Waals surface area contributed by atoms with Gasteiger partial charge in [0.1, 0.15) is 0 Å². The third-order valence-corrected chi connectivity index (χ3v) is 9.25. The maximum atomic E-state index is 12.7. The molecular formula is C18H26NO2P. The number of nitrogens with zero attached hydrogens (tertiary/aromatic N) is 1. The van der Waals surface area contributed by atoms with Gasteiger partial charge in [0, 0.05) is 6.04 Å². The second-order valence-electron chi connectivity index (χ2n) is 7.46. The summed E-state index contributed by atoms with van der Waals surface area (Å²) in [4.78, 5) is 26.8. The lowest BCUT2D eigenvalue weighted by Gasteiger charge is -2.52. The first kappa shape index (κ1) is 17.1. The molecule has 2 aliphatic rings. The fraction of sp³-hybridized carbons (Fsp3) is 0.556. The largest absolute Gasteiger partial charge is 0.271 e. The Hall–Kier alpha value is -1.21. The first-order chi connectivity index (χ1) is 10.1. The molecule has 0 atom stereocenters. The molecule has 0 saturated carbocycles. The Bertz CT molecular complexity index is 538. The van der Waals surface area contributed by atoms with Crippen LogP contribution in [0.2, 0.25) is 0 Å². The van der Waals surface area contributed by atoms with Crippen molar-refractivity contribution in [3.05, 3.63) is 36.5 Å². The van der Waals surface area contributed by atoms with Crippen LogP contribution in [0.4, 0.5) is 0 Å². The molecule has 1 fully saturated rings. The van der Waals surface area contributed by atoms with Gasteiger partial charge in [-0.1, -0.05) is 60.9 Å². The van der Waals surface area contributed by atoms with Crippen LogP contribution in [-0.2, 0) is 9.59 Å². The molecule has 0 aromatic carbocycles. The number of hydrogen-bond acceptors (Lipinski definition) is 2. The Balaban J connectivity index is 2.38. The molecular weight excluding hydrogens is 293 g/mol. The van der Waals surface area contributed by atoms with Crippen molar-refractivity contribution in [2.24, 2.45) is 0 Å². The van der Waals surface area contributed by atoms with Crippen LogP contribution in [0.25, 0.3) is 0 Å². The lowest BCUT2D eigenvalue weighted by molar-refractivity contribution is -0.140. The highest BCUT2D eigenvalue weighted by molar-refractivity contribution is 7.60. The van der Waals surface area contributed by atoms with E-state index in [0.717, 1.165) is 12.8 Å². The zero-order valence-electron chi connectivity index (χ0n) is 14.3. The normalized spacial score (nSPS) is 30.7. The SMILES string of the molecule is C=CC1=C(C=C)C(=O)N(C2CC(C)(C)P(C)C(C)(C)C2)C1=O. The van der Waals surface area contributed by atoms with E-state index < -0.39 is 0 Å². The number of imide groups is 1. The molecule has 2 amide bonds. The number of hydrogen-bond donors (Lipinski definition) is 0. The van der Waals surface area contributed by atoms with E-state index in [-0.39, 0.29) is 36.1 Å². The average molecular weight is 319 g/mol. The van der Waals surface area contributed by atoms with Crippen LogP contribution in [0, 0.1) is 0 Å². The lowest BCUT2D eigenvalue weighted by atomic mass is 9.91. The van der Waals surface area contributed by atoms with Crippen LogP contribution < -0.4 is 0 Å². The third-order valence-electron chi connectivity index (χ3n) is 5.25. The molecule has 120 valence electrons. The molecule has 0 aliphatic carbocycles. The van der Waals surface area contributed by atoms with Crippen LogP contribution in [-0.4, -0.2) is 39.7 Å². The van der Waals surface area contributed by atoms with Crippen LogP contribution in [0.3, 0.4) is 0 Å². The number of carbonyl (C=O) groups is 2. The smallest absolute Gasteiger partial charge is 0.261 e. The fourth-order valence-electron chi connectivity index (χ4n) is 3.81. The quantitative estimate of drug-likeness (QED) is 0.585. The van der Waals surface area contributed by atoms with Gasteiger partial charge < -0.3 is 0 Å². The maximum absolute atomic E-state index is 12.7. The summed E-state index contributed by atoms with van der Waals surface area (Å²) in [5.74, 6) is -0.428. The molecule has 2 heterocycles. The predicted molar refractivity (Wildman–Crippen MR) is 93.3 cm³/mol. The van der Waals surface area contributed by atoms with Gasteiger partial charge in [0.05, 0.1) is 11.1 Å². The molecule has 0 aromatic rings. The highest BCUT2D eigenvalue weighted by atomic mass is 31.1. The molecule has 3 nitrogen and oxygen atoms in total. The average Bonchev–Trinajstić information content (AvgIpc) is 2.65. The zero-order chi connectivity index (χ0) is 16.9. The number of rotatable bonds is 3. The van der Waals surface area contributed by atoms with Gasteiger partial charge in [-0.15, -0.1) is 0 Å². The third kappa shape index (κ3) is 2.50. The van der Waals surface area contributed by atoms with E-state index in [0.29, 0.717) is 11.1 Å². The van der Waals surface area contributed by atoms with Gasteiger partial charge in [0.25, 0.3) is 11.8 Å². The Morgan fingerprint density at radius 3 is 1.68 bits per heavy atom. The van der Waals surface area contributed by atoms with Crippen molar-refractivity contribution in [2.45, 2.75) is 56.9 Å². The van der Waals surface area contributed by atoms with Gasteiger partial charge in [0.15, 0.2) is 0 Å². The highest BCUT2D eigenvalue weighted by Crippen LogP contribution is 2.64. The molecule has 0 N–H and O–H groups in total. The summed E-state index contributed by atoms with van der Waals surface area (Å²) in [5.41, 5.74) is 0.778. The van der Waals surface area contributed by atoms with Gasteiger partial charge in [-0.05, 0) is 29.8 Å². The molecule has 0 bridgehead atoms. The van der Waals surface area contributed by atoms with Crippen molar-refractivity contribution in [2.75, 3.05) is 6.66 Å². The van der Waals surface area contributed by atoms with Gasteiger partial charge >= 0.3 is 0 Å². The maximum Gasteiger partial charge on any atom is 0.261 e. The molecule has 1 saturated heterocycles. The van der Waals surface area contributed by atoms with Gasteiger partial charge in [-0.25, -0.2) is 0 Å². The second kappa shape index (κ2) is 5.45. The van der Waals surface area contributed by atoms with E-state index in [9.17, 15) is 9.59 Å². The van der Waals surface area contributed by atoms with Gasteiger partial charge in [-0.3, -0.25) is 14.5 Å². The summed E-state index contributed by atoms with van der Waals surface area (Å²) in [6, 6.07) is -0.0453. The van der Waals surface area contributed by atoms with Crippen molar-refractivity contribution in [3.8, 4) is 0 Å². The van der Waals surface area contributed by atoms with E-state index in [4.69, 9.17) is 0 Å². The first-order valence-electron chi connectivity index (χ1n) is 7.68. The zero-order valence-corrected chi connectivity index (χ0v) is 15.2. The molecule has 4 heteroatoms. The summed E-state index contributed by atoms with van der Waals surface area (Å²) >= 11 is 0. The summed E-state index contributed by atoms with van der Waals surface area (Å²) in [5, 5.41) is 0.293. The number of carbonyl (C=O) groups excluding carboxylic acids is 2. The van der Waals surface area contributed by atoms with E-state index in [1.54, 1.807) is 0 Å². The van der Waals surface area contributed by atoms with E-state index in [2.05, 4.69) is 47.5 Å². The Morgan fingerprint density at radius 2 is 1.36 bits per heavy atom. The van der Waals surface area contributed by atoms with Crippen molar-refractivity contribution in [3.63, 3.8) is 0 Å². The van der Waals surface area contributed by atoms with Gasteiger partial charge in [-0.2, -0.15) is 0 Å². The van der Waals surface area contributed by atoms with E-state index in [1.165, 1.54) is 17.1 Å². The monoisotopic (exact) mass is 319 g/mol. The minimum Gasteiger partial charge on any atom is -0.271 e. The molecule has 22 heavy (non-hydrogen) atoms. The fourth-order valence-corrected chi connectivity index (χ4v) is 6.42. The van der Waals surface area contributed by atoms with Crippen molar-refractivity contribution in [1.29, 1.82) is 0 Å². The summed E-state index contributed by atoms with van der Waals surface area (Å²) in [6.07, 6.45) is 4.68.